The number of aliphatic imine (C=N–C) groups is 1. The molecule has 0 N–H and O–H groups in total. The lowest BCUT2D eigenvalue weighted by molar-refractivity contribution is -0.0603. The molecular weight excluding hydrogens is 319 g/mol. The molecule has 0 amide bonds. The molecule has 0 radical (unpaired) electrons. The van der Waals surface area contributed by atoms with Crippen LogP contribution in [-0.4, -0.2) is 26.1 Å². The Morgan fingerprint density at radius 2 is 1.58 bits per heavy atom. The summed E-state index contributed by atoms with van der Waals surface area (Å²) in [4.78, 5) is 3.79. The molecule has 0 saturated heterocycles. The second-order valence-electron chi connectivity index (χ2n) is 5.11. The first kappa shape index (κ1) is 17.8. The minimum Gasteiger partial charge on any atom is -0.493 e. The lowest BCUT2D eigenvalue weighted by atomic mass is 10.1. The second kappa shape index (κ2) is 7.86. The highest BCUT2D eigenvalue weighted by Crippen LogP contribution is 2.28. The fourth-order valence-electron chi connectivity index (χ4n) is 2.20. The molecule has 128 valence electrons. The minimum absolute atomic E-state index is 0.0813. The molecule has 0 unspecified atom stereocenters. The van der Waals surface area contributed by atoms with Crippen molar-refractivity contribution in [3.8, 4) is 11.5 Å². The first-order valence-electron chi connectivity index (χ1n) is 7.29. The summed E-state index contributed by atoms with van der Waals surface area (Å²) in [6.45, 7) is -0.0813. The van der Waals surface area contributed by atoms with Crippen molar-refractivity contribution in [3.05, 3.63) is 59.7 Å². The van der Waals surface area contributed by atoms with Gasteiger partial charge in [-0.2, -0.15) is 13.2 Å². The van der Waals surface area contributed by atoms with Crippen LogP contribution in [0.3, 0.4) is 0 Å². The predicted molar refractivity (Wildman–Crippen MR) is 86.9 cm³/mol. The van der Waals surface area contributed by atoms with Gasteiger partial charge in [0, 0.05) is 6.42 Å². The fraction of sp³-hybridized carbons (Fsp3) is 0.278. The van der Waals surface area contributed by atoms with Gasteiger partial charge >= 0.3 is 6.18 Å². The lowest BCUT2D eigenvalue weighted by Gasteiger charge is -2.12. The molecule has 6 heteroatoms. The highest BCUT2D eigenvalue weighted by Gasteiger charge is 2.35. The molecule has 2 aromatic rings. The monoisotopic (exact) mass is 337 g/mol. The number of benzene rings is 2. The number of hydrogen-bond acceptors (Lipinski definition) is 3. The Morgan fingerprint density at radius 3 is 2.17 bits per heavy atom. The third-order valence-corrected chi connectivity index (χ3v) is 3.44. The summed E-state index contributed by atoms with van der Waals surface area (Å²) in [5.74, 6) is 0.979. The molecule has 0 aromatic heterocycles. The van der Waals surface area contributed by atoms with Gasteiger partial charge in [0.15, 0.2) is 11.5 Å². The number of halogens is 3. The van der Waals surface area contributed by atoms with E-state index < -0.39 is 11.9 Å². The fourth-order valence-corrected chi connectivity index (χ4v) is 2.20. The zero-order valence-electron chi connectivity index (χ0n) is 13.4. The molecule has 0 fully saturated rings. The van der Waals surface area contributed by atoms with Crippen LogP contribution in [-0.2, 0) is 13.0 Å². The van der Waals surface area contributed by atoms with E-state index in [1.54, 1.807) is 48.5 Å². The number of hydrogen-bond donors (Lipinski definition) is 0. The van der Waals surface area contributed by atoms with E-state index >= 15 is 0 Å². The van der Waals surface area contributed by atoms with Gasteiger partial charge in [-0.15, -0.1) is 0 Å². The Kier molecular flexibility index (Phi) is 5.84. The van der Waals surface area contributed by atoms with Crippen LogP contribution in [0.5, 0.6) is 11.5 Å². The maximum Gasteiger partial charge on any atom is 0.429 e. The molecular formula is C18H18F3NO2. The highest BCUT2D eigenvalue weighted by molar-refractivity contribution is 5.91. The van der Waals surface area contributed by atoms with Crippen LogP contribution in [0, 0.1) is 0 Å². The topological polar surface area (TPSA) is 30.8 Å². The number of alkyl halides is 3. The highest BCUT2D eigenvalue weighted by atomic mass is 19.4. The smallest absolute Gasteiger partial charge is 0.429 e. The predicted octanol–water partition coefficient (Wildman–Crippen LogP) is 4.45. The van der Waals surface area contributed by atoms with E-state index in [0.29, 0.717) is 22.6 Å². The van der Waals surface area contributed by atoms with Crippen molar-refractivity contribution < 1.29 is 22.6 Å². The zero-order chi connectivity index (χ0) is 17.6. The van der Waals surface area contributed by atoms with Crippen molar-refractivity contribution in [2.75, 3.05) is 14.2 Å². The average Bonchev–Trinajstić information content (AvgIpc) is 2.58. The van der Waals surface area contributed by atoms with E-state index in [-0.39, 0.29) is 13.0 Å². The van der Waals surface area contributed by atoms with E-state index in [2.05, 4.69) is 4.99 Å². The van der Waals surface area contributed by atoms with Crippen molar-refractivity contribution in [2.45, 2.75) is 19.1 Å². The molecule has 0 bridgehead atoms. The first-order chi connectivity index (χ1) is 11.4. The maximum absolute atomic E-state index is 13.2. The maximum atomic E-state index is 13.2. The number of rotatable bonds is 6. The van der Waals surface area contributed by atoms with Crippen molar-refractivity contribution in [2.24, 2.45) is 4.99 Å². The molecule has 24 heavy (non-hydrogen) atoms. The normalized spacial score (nSPS) is 12.1. The van der Waals surface area contributed by atoms with Crippen molar-refractivity contribution in [1.82, 2.24) is 0 Å². The number of methoxy groups -OCH3 is 2. The minimum atomic E-state index is -4.47. The van der Waals surface area contributed by atoms with E-state index in [1.165, 1.54) is 14.2 Å². The third-order valence-electron chi connectivity index (χ3n) is 3.44. The molecule has 0 aliphatic heterocycles. The summed E-state index contributed by atoms with van der Waals surface area (Å²) in [5.41, 5.74) is 0.381. The third kappa shape index (κ3) is 4.75. The van der Waals surface area contributed by atoms with Gasteiger partial charge in [0.1, 0.15) is 5.71 Å². The second-order valence-corrected chi connectivity index (χ2v) is 5.11. The molecule has 2 rings (SSSR count). The zero-order valence-corrected chi connectivity index (χ0v) is 13.4. The molecule has 0 heterocycles. The Hall–Kier alpha value is -2.50. The lowest BCUT2D eigenvalue weighted by Crippen LogP contribution is -2.25. The van der Waals surface area contributed by atoms with Crippen LogP contribution in [0.1, 0.15) is 11.1 Å². The van der Waals surface area contributed by atoms with Gasteiger partial charge in [-0.05, 0) is 23.3 Å². The van der Waals surface area contributed by atoms with Gasteiger partial charge in [-0.3, -0.25) is 4.99 Å². The summed E-state index contributed by atoms with van der Waals surface area (Å²) in [5, 5.41) is 0. The van der Waals surface area contributed by atoms with Crippen molar-refractivity contribution in [3.63, 3.8) is 0 Å². The molecule has 3 nitrogen and oxygen atoms in total. The van der Waals surface area contributed by atoms with Crippen LogP contribution in [0.25, 0.3) is 0 Å². The standard InChI is InChI=1S/C18H18F3NO2/c1-23-15-9-8-14(10-16(15)24-2)12-22-17(18(19,20)21)11-13-6-4-3-5-7-13/h3-10H,11-12H2,1-2H3. The Bertz CT molecular complexity index is 697. The quantitative estimate of drug-likeness (QED) is 0.729. The summed E-state index contributed by atoms with van der Waals surface area (Å²) >= 11 is 0. The van der Waals surface area contributed by atoms with Crippen LogP contribution in [0.2, 0.25) is 0 Å². The molecule has 0 aliphatic carbocycles. The van der Waals surface area contributed by atoms with Crippen LogP contribution in [0.15, 0.2) is 53.5 Å². The van der Waals surface area contributed by atoms with Gasteiger partial charge in [0.25, 0.3) is 0 Å². The molecule has 0 spiro atoms. The van der Waals surface area contributed by atoms with E-state index in [0.717, 1.165) is 0 Å². The van der Waals surface area contributed by atoms with Crippen LogP contribution >= 0.6 is 0 Å². The van der Waals surface area contributed by atoms with Crippen molar-refractivity contribution in [1.29, 1.82) is 0 Å². The summed E-state index contributed by atoms with van der Waals surface area (Å²) in [6, 6.07) is 13.4. The molecule has 0 aliphatic rings. The largest absolute Gasteiger partial charge is 0.493 e. The Balaban J connectivity index is 2.21. The summed E-state index contributed by atoms with van der Waals surface area (Å²) in [7, 11) is 2.97. The van der Waals surface area contributed by atoms with Crippen LogP contribution in [0.4, 0.5) is 13.2 Å². The van der Waals surface area contributed by atoms with Gasteiger partial charge in [0.2, 0.25) is 0 Å². The van der Waals surface area contributed by atoms with E-state index in [4.69, 9.17) is 9.47 Å². The Labute approximate surface area is 138 Å². The summed E-state index contributed by atoms with van der Waals surface area (Å²) < 4.78 is 49.9. The van der Waals surface area contributed by atoms with Gasteiger partial charge in [-0.25, -0.2) is 0 Å². The Morgan fingerprint density at radius 1 is 0.917 bits per heavy atom. The van der Waals surface area contributed by atoms with Crippen molar-refractivity contribution >= 4 is 5.71 Å². The summed E-state index contributed by atoms with van der Waals surface area (Å²) in [6.07, 6.45) is -4.72. The van der Waals surface area contributed by atoms with Gasteiger partial charge in [-0.1, -0.05) is 36.4 Å². The molecule has 0 atom stereocenters. The molecule has 2 aromatic carbocycles. The number of nitrogens with zero attached hydrogens (tertiary/aromatic N) is 1. The number of ether oxygens (including phenoxy) is 2. The molecule has 0 saturated carbocycles. The van der Waals surface area contributed by atoms with E-state index in [9.17, 15) is 13.2 Å². The van der Waals surface area contributed by atoms with Gasteiger partial charge in [0.05, 0.1) is 20.8 Å². The SMILES string of the molecule is COc1ccc(CN=C(Cc2ccccc2)C(F)(F)F)cc1OC. The first-order valence-corrected chi connectivity index (χ1v) is 7.29. The van der Waals surface area contributed by atoms with E-state index in [1.807, 2.05) is 0 Å². The van der Waals surface area contributed by atoms with Gasteiger partial charge < -0.3 is 9.47 Å². The van der Waals surface area contributed by atoms with Crippen LogP contribution < -0.4 is 9.47 Å². The average molecular weight is 337 g/mol.